The third-order valence-corrected chi connectivity index (χ3v) is 10.8. The van der Waals surface area contributed by atoms with Crippen LogP contribution in [0.5, 0.6) is 0 Å². The average molecular weight is 936 g/mol. The zero-order valence-electron chi connectivity index (χ0n) is 37.5. The number of likely N-dealkylation sites (N-methyl/N-ethyl adjacent to an activating group) is 1. The molecule has 9 unspecified atom stereocenters. The normalized spacial score (nSPS) is 25.3. The second-order valence-corrected chi connectivity index (χ2v) is 15.8. The number of hydrogen-bond acceptors (Lipinski definition) is 19. The molecule has 0 aliphatic carbocycles. The van der Waals surface area contributed by atoms with Crippen LogP contribution in [0.25, 0.3) is 0 Å². The maximum atomic E-state index is 12.4. The van der Waals surface area contributed by atoms with E-state index in [1.807, 2.05) is 0 Å². The summed E-state index contributed by atoms with van der Waals surface area (Å²) in [5.74, 6) is -2.15. The molecule has 24 heteroatoms. The number of esters is 1. The van der Waals surface area contributed by atoms with E-state index in [1.165, 1.54) is 0 Å². The van der Waals surface area contributed by atoms with Crippen molar-refractivity contribution in [1.82, 2.24) is 31.9 Å². The second kappa shape index (κ2) is 32.5. The van der Waals surface area contributed by atoms with Crippen LogP contribution in [0.1, 0.15) is 103 Å². The maximum absolute atomic E-state index is 12.4. The van der Waals surface area contributed by atoms with E-state index >= 15 is 0 Å². The van der Waals surface area contributed by atoms with Gasteiger partial charge in [-0.1, -0.05) is 12.1 Å². The Morgan fingerprint density at radius 1 is 0.631 bits per heavy atom. The summed E-state index contributed by atoms with van der Waals surface area (Å²) in [7, 11) is 1.62. The van der Waals surface area contributed by atoms with Gasteiger partial charge >= 0.3 is 5.97 Å². The van der Waals surface area contributed by atoms with Gasteiger partial charge in [0.25, 0.3) is 0 Å². The average Bonchev–Trinajstić information content (AvgIpc) is 3.29. The van der Waals surface area contributed by atoms with Crippen LogP contribution in [0, 0.1) is 0 Å². The minimum atomic E-state index is -1.88. The van der Waals surface area contributed by atoms with Crippen LogP contribution in [0.15, 0.2) is 5.16 Å². The van der Waals surface area contributed by atoms with Crippen LogP contribution < -0.4 is 31.9 Å². The Morgan fingerprint density at radius 2 is 1.08 bits per heavy atom. The number of nitrogens with zero attached hydrogens (tertiary/aromatic N) is 1. The van der Waals surface area contributed by atoms with E-state index in [-0.39, 0.29) is 68.8 Å². The Balaban J connectivity index is 1.52. The van der Waals surface area contributed by atoms with Gasteiger partial charge in [-0.2, -0.15) is 0 Å². The predicted octanol–water partition coefficient (Wildman–Crippen LogP) is -3.34. The number of oxime groups is 1. The second-order valence-electron chi connectivity index (χ2n) is 15.8. The number of aliphatic hydroxyl groups excluding tert-OH is 6. The molecule has 2 rings (SSSR count). The van der Waals surface area contributed by atoms with Crippen molar-refractivity contribution in [3.63, 3.8) is 0 Å². The van der Waals surface area contributed by atoms with Crippen molar-refractivity contribution in [1.29, 1.82) is 0 Å². The van der Waals surface area contributed by atoms with Gasteiger partial charge in [-0.05, 0) is 64.8 Å². The lowest BCUT2D eigenvalue weighted by Gasteiger charge is -2.45. The Labute approximate surface area is 378 Å². The smallest absolute Gasteiger partial charge is 0.306 e. The van der Waals surface area contributed by atoms with Crippen molar-refractivity contribution in [3.8, 4) is 0 Å². The van der Waals surface area contributed by atoms with E-state index in [4.69, 9.17) is 24.1 Å². The summed E-state index contributed by atoms with van der Waals surface area (Å²) < 4.78 is 21.8. The summed E-state index contributed by atoms with van der Waals surface area (Å²) in [6, 6.07) is -0.432. The van der Waals surface area contributed by atoms with Crippen molar-refractivity contribution in [2.45, 2.75) is 165 Å². The SMILES string of the molecule is CC[C@@H](NC)C1OC(O)C(OC2OC(COC(=O)CCC(=O)NCCCCCNC(=O)CCC(=O)NCCCCCNC(=O)CCC(=O)NCCCCO)C(O)C(O)/C2=N\O)C(O)C1O. The minimum absolute atomic E-state index is 0.0389. The highest BCUT2D eigenvalue weighted by molar-refractivity contribution is 5.92. The molecule has 374 valence electrons. The van der Waals surface area contributed by atoms with Crippen molar-refractivity contribution < 1.29 is 83.6 Å². The number of unbranched alkanes of at least 4 members (excludes halogenated alkanes) is 5. The van der Waals surface area contributed by atoms with Gasteiger partial charge < -0.3 is 86.7 Å². The van der Waals surface area contributed by atoms with Gasteiger partial charge in [0.1, 0.15) is 55.0 Å². The molecule has 24 nitrogen and oxygen atoms in total. The first-order valence-corrected chi connectivity index (χ1v) is 22.5. The summed E-state index contributed by atoms with van der Waals surface area (Å²) in [6.07, 6.45) is -8.90. The van der Waals surface area contributed by atoms with Crippen LogP contribution in [-0.4, -0.2) is 191 Å². The van der Waals surface area contributed by atoms with Crippen LogP contribution in [0.4, 0.5) is 0 Å². The Bertz CT molecular complexity index is 1470. The molecular formula is C41H73N7O17. The van der Waals surface area contributed by atoms with E-state index in [1.54, 1.807) is 14.0 Å². The van der Waals surface area contributed by atoms with E-state index < -0.39 is 85.5 Å². The lowest BCUT2D eigenvalue weighted by atomic mass is 9.92. The highest BCUT2D eigenvalue weighted by Crippen LogP contribution is 2.29. The fourth-order valence-corrected chi connectivity index (χ4v) is 6.86. The summed E-state index contributed by atoms with van der Waals surface area (Å²) >= 11 is 0. The number of hydrogen-bond donors (Lipinski definition) is 13. The predicted molar refractivity (Wildman–Crippen MR) is 229 cm³/mol. The first-order valence-electron chi connectivity index (χ1n) is 22.5. The van der Waals surface area contributed by atoms with Crippen LogP contribution in [0.3, 0.4) is 0 Å². The van der Waals surface area contributed by atoms with Gasteiger partial charge in [0.15, 0.2) is 6.29 Å². The molecule has 0 aromatic heterocycles. The quantitative estimate of drug-likeness (QED) is 0.0136. The maximum Gasteiger partial charge on any atom is 0.306 e. The highest BCUT2D eigenvalue weighted by atomic mass is 16.7. The molecule has 10 atom stereocenters. The molecule has 0 radical (unpaired) electrons. The lowest BCUT2D eigenvalue weighted by molar-refractivity contribution is -0.324. The zero-order chi connectivity index (χ0) is 48.1. The van der Waals surface area contributed by atoms with Gasteiger partial charge in [0.05, 0.1) is 6.42 Å². The molecular weight excluding hydrogens is 862 g/mol. The Hall–Kier alpha value is -4.11. The third-order valence-electron chi connectivity index (χ3n) is 10.8. The molecule has 0 spiro atoms. The molecule has 2 aliphatic heterocycles. The van der Waals surface area contributed by atoms with Crippen molar-refractivity contribution in [2.24, 2.45) is 5.16 Å². The fourth-order valence-electron chi connectivity index (χ4n) is 6.86. The minimum Gasteiger partial charge on any atom is -0.463 e. The van der Waals surface area contributed by atoms with Crippen molar-refractivity contribution >= 4 is 41.2 Å². The van der Waals surface area contributed by atoms with Crippen molar-refractivity contribution in [3.05, 3.63) is 0 Å². The highest BCUT2D eigenvalue weighted by Gasteiger charge is 2.51. The number of nitrogens with one attached hydrogen (secondary N) is 6. The summed E-state index contributed by atoms with van der Waals surface area (Å²) in [6.45, 7) is 3.36. The molecule has 2 aliphatic rings. The zero-order valence-corrected chi connectivity index (χ0v) is 37.5. The molecule has 5 amide bonds. The molecule has 13 N–H and O–H groups in total. The van der Waals surface area contributed by atoms with E-state index in [0.717, 1.165) is 12.8 Å². The molecule has 0 saturated carbocycles. The number of carbonyl (C=O) groups excluding carboxylic acids is 6. The first-order chi connectivity index (χ1) is 31.2. The Morgan fingerprint density at radius 3 is 1.49 bits per heavy atom. The Kier molecular flexibility index (Phi) is 28.5. The number of rotatable bonds is 32. The fraction of sp³-hybridized carbons (Fsp3) is 0.829. The van der Waals surface area contributed by atoms with Crippen LogP contribution >= 0.6 is 0 Å². The summed E-state index contributed by atoms with van der Waals surface area (Å²) in [4.78, 5) is 72.5. The number of aliphatic hydroxyl groups is 6. The van der Waals surface area contributed by atoms with Gasteiger partial charge in [-0.3, -0.25) is 28.8 Å². The summed E-state index contributed by atoms with van der Waals surface area (Å²) in [5, 5.41) is 90.9. The summed E-state index contributed by atoms with van der Waals surface area (Å²) in [5.41, 5.74) is -0.622. The van der Waals surface area contributed by atoms with Crippen molar-refractivity contribution in [2.75, 3.05) is 53.0 Å². The van der Waals surface area contributed by atoms with E-state index in [9.17, 15) is 59.5 Å². The molecule has 2 heterocycles. The van der Waals surface area contributed by atoms with Gasteiger partial charge in [0.2, 0.25) is 35.8 Å². The number of amides is 5. The monoisotopic (exact) mass is 936 g/mol. The molecule has 0 aromatic carbocycles. The van der Waals surface area contributed by atoms with Crippen LogP contribution in [-0.2, 0) is 47.7 Å². The number of carbonyl (C=O) groups is 6. The standard InChI is InChI=1S/C41H73N7O17/c1-3-25(42-2)38-36(58)37(59)39(40(60)64-38)65-41-33(48-61)35(57)34(56)26(63-41)24-62-32(55)17-16-31(54)46-21-9-5-8-20-44-28(51)13-12-27(50)43-18-6-4-7-19-45-29(52)14-15-30(53)47-22-10-11-23-49/h25-26,34-42,49,56-61H,3-24H2,1-2H3,(H,43,50)(H,44,51)(H,45,52)(H,46,54)(H,47,53)/b48-33+/t25-,26?,34?,35?,36?,37?,38?,39?,40?,41?/m1/s1. The molecule has 0 bridgehead atoms. The van der Waals surface area contributed by atoms with Gasteiger partial charge in [0, 0.05) is 77.5 Å². The van der Waals surface area contributed by atoms with Gasteiger partial charge in [-0.25, -0.2) is 0 Å². The van der Waals surface area contributed by atoms with E-state index in [2.05, 4.69) is 37.1 Å². The number of ether oxygens (including phenoxy) is 4. The van der Waals surface area contributed by atoms with Gasteiger partial charge in [-0.15, -0.1) is 0 Å². The molecule has 2 fully saturated rings. The van der Waals surface area contributed by atoms with E-state index in [0.29, 0.717) is 77.7 Å². The molecule has 65 heavy (non-hydrogen) atoms. The topological polar surface area (TPSA) is 365 Å². The largest absolute Gasteiger partial charge is 0.463 e. The van der Waals surface area contributed by atoms with Crippen LogP contribution in [0.2, 0.25) is 0 Å². The lowest BCUT2D eigenvalue weighted by Crippen LogP contribution is -2.65. The third kappa shape index (κ3) is 21.8. The molecule has 2 saturated heterocycles. The first kappa shape index (κ1) is 57.0. The molecule has 0 aromatic rings.